The topological polar surface area (TPSA) is 79.5 Å². The van der Waals surface area contributed by atoms with Crippen LogP contribution in [0, 0.1) is 0 Å². The van der Waals surface area contributed by atoms with E-state index in [9.17, 15) is 9.59 Å². The molecule has 0 aliphatic rings. The molecule has 6 heteroatoms. The number of carboxylic acid groups (broad SMARTS) is 1. The fourth-order valence-electron chi connectivity index (χ4n) is 2.61. The smallest absolute Gasteiger partial charge is 0.371 e. The van der Waals surface area contributed by atoms with Crippen molar-refractivity contribution in [3.05, 3.63) is 76.0 Å². The minimum absolute atomic E-state index is 0.126. The molecule has 0 atom stereocenters. The van der Waals surface area contributed by atoms with Crippen LogP contribution in [-0.4, -0.2) is 17.0 Å². The molecule has 5 nitrogen and oxygen atoms in total. The van der Waals surface area contributed by atoms with Gasteiger partial charge in [-0.05, 0) is 69.9 Å². The number of aromatic carboxylic acids is 1. The lowest BCUT2D eigenvalue weighted by atomic mass is 10.0. The molecule has 1 amide bonds. The van der Waals surface area contributed by atoms with Crippen molar-refractivity contribution in [2.45, 2.75) is 19.8 Å². The lowest BCUT2D eigenvalue weighted by Gasteiger charge is -2.09. The van der Waals surface area contributed by atoms with E-state index >= 15 is 0 Å². The van der Waals surface area contributed by atoms with E-state index in [0.29, 0.717) is 33.0 Å². The highest BCUT2D eigenvalue weighted by Crippen LogP contribution is 2.32. The van der Waals surface area contributed by atoms with Crippen LogP contribution in [0.3, 0.4) is 0 Å². The van der Waals surface area contributed by atoms with Crippen molar-refractivity contribution in [3.8, 4) is 11.3 Å². The molecule has 0 aliphatic carbocycles. The maximum Gasteiger partial charge on any atom is 0.371 e. The molecule has 0 saturated heterocycles. The highest BCUT2D eigenvalue weighted by atomic mass is 79.9. The molecule has 0 spiro atoms. The number of rotatable bonds is 5. The van der Waals surface area contributed by atoms with Gasteiger partial charge in [0.15, 0.2) is 0 Å². The number of nitrogens with one attached hydrogen (secondary N) is 1. The number of furan rings is 1. The zero-order chi connectivity index (χ0) is 19.6. The molecular formula is C21H18BrNO4. The van der Waals surface area contributed by atoms with E-state index in [4.69, 9.17) is 9.52 Å². The number of halogens is 1. The van der Waals surface area contributed by atoms with Gasteiger partial charge in [-0.1, -0.05) is 26.0 Å². The van der Waals surface area contributed by atoms with Crippen molar-refractivity contribution in [1.82, 2.24) is 0 Å². The van der Waals surface area contributed by atoms with Crippen LogP contribution in [0.2, 0.25) is 0 Å². The van der Waals surface area contributed by atoms with Crippen molar-refractivity contribution in [3.63, 3.8) is 0 Å². The summed E-state index contributed by atoms with van der Waals surface area (Å²) in [4.78, 5) is 23.4. The third-order valence-electron chi connectivity index (χ3n) is 4.15. The van der Waals surface area contributed by atoms with Gasteiger partial charge in [0, 0.05) is 21.3 Å². The SMILES string of the molecule is CC(C)c1ccc(C(=O)Nc2ccc(-c3ccc(C(=O)O)o3)c(Br)c2)cc1. The summed E-state index contributed by atoms with van der Waals surface area (Å²) in [6, 6.07) is 15.8. The van der Waals surface area contributed by atoms with Gasteiger partial charge in [-0.3, -0.25) is 4.79 Å². The standard InChI is InChI=1S/C21H18BrNO4/c1-12(2)13-3-5-14(6-4-13)20(24)23-15-7-8-16(17(22)11-15)18-9-10-19(27-18)21(25)26/h3-12H,1-2H3,(H,23,24)(H,25,26). The summed E-state index contributed by atoms with van der Waals surface area (Å²) in [7, 11) is 0. The molecule has 0 fully saturated rings. The minimum Gasteiger partial charge on any atom is -0.475 e. The summed E-state index contributed by atoms with van der Waals surface area (Å²) in [6.07, 6.45) is 0. The monoisotopic (exact) mass is 427 g/mol. The van der Waals surface area contributed by atoms with Crippen LogP contribution >= 0.6 is 15.9 Å². The highest BCUT2D eigenvalue weighted by Gasteiger charge is 2.14. The number of benzene rings is 2. The molecule has 2 N–H and O–H groups in total. The van der Waals surface area contributed by atoms with Gasteiger partial charge in [0.25, 0.3) is 5.91 Å². The predicted molar refractivity (Wildman–Crippen MR) is 107 cm³/mol. The summed E-state index contributed by atoms with van der Waals surface area (Å²) in [5.74, 6) is -0.602. The third-order valence-corrected chi connectivity index (χ3v) is 4.80. The molecule has 138 valence electrons. The molecule has 27 heavy (non-hydrogen) atoms. The molecule has 0 saturated carbocycles. The van der Waals surface area contributed by atoms with Gasteiger partial charge in [0.05, 0.1) is 0 Å². The number of carboxylic acids is 1. The Bertz CT molecular complexity index is 990. The van der Waals surface area contributed by atoms with Gasteiger partial charge in [0.1, 0.15) is 5.76 Å². The van der Waals surface area contributed by atoms with Gasteiger partial charge in [0.2, 0.25) is 5.76 Å². The number of hydrogen-bond donors (Lipinski definition) is 2. The van der Waals surface area contributed by atoms with Gasteiger partial charge in [-0.15, -0.1) is 0 Å². The summed E-state index contributed by atoms with van der Waals surface area (Å²) >= 11 is 3.44. The third kappa shape index (κ3) is 4.28. The summed E-state index contributed by atoms with van der Waals surface area (Å²) in [5, 5.41) is 11.8. The van der Waals surface area contributed by atoms with Crippen LogP contribution in [0.25, 0.3) is 11.3 Å². The van der Waals surface area contributed by atoms with Crippen LogP contribution < -0.4 is 5.32 Å². The van der Waals surface area contributed by atoms with E-state index in [-0.39, 0.29) is 11.7 Å². The highest BCUT2D eigenvalue weighted by molar-refractivity contribution is 9.10. The van der Waals surface area contributed by atoms with Crippen LogP contribution in [-0.2, 0) is 0 Å². The van der Waals surface area contributed by atoms with Crippen molar-refractivity contribution in [2.75, 3.05) is 5.32 Å². The number of carbonyl (C=O) groups excluding carboxylic acids is 1. The Morgan fingerprint density at radius 1 is 1.04 bits per heavy atom. The first-order valence-electron chi connectivity index (χ1n) is 8.39. The molecule has 3 aromatic rings. The lowest BCUT2D eigenvalue weighted by molar-refractivity contribution is 0.0663. The molecule has 2 aromatic carbocycles. The molecule has 3 rings (SSSR count). The minimum atomic E-state index is -1.12. The van der Waals surface area contributed by atoms with E-state index in [1.165, 1.54) is 11.6 Å². The van der Waals surface area contributed by atoms with Crippen molar-refractivity contribution in [1.29, 1.82) is 0 Å². The number of carbonyl (C=O) groups is 2. The van der Waals surface area contributed by atoms with E-state index in [2.05, 4.69) is 35.1 Å². The number of anilines is 1. The van der Waals surface area contributed by atoms with Crippen LogP contribution in [0.1, 0.15) is 46.2 Å². The molecular weight excluding hydrogens is 410 g/mol. The molecule has 1 aromatic heterocycles. The maximum absolute atomic E-state index is 12.4. The average molecular weight is 428 g/mol. The Kier molecular flexibility index (Phi) is 5.46. The van der Waals surface area contributed by atoms with E-state index < -0.39 is 5.97 Å². The van der Waals surface area contributed by atoms with Crippen molar-refractivity contribution < 1.29 is 19.1 Å². The summed E-state index contributed by atoms with van der Waals surface area (Å²) in [5.41, 5.74) is 3.07. The molecule has 0 unspecified atom stereocenters. The molecule has 0 radical (unpaired) electrons. The van der Waals surface area contributed by atoms with E-state index in [1.807, 2.05) is 24.3 Å². The largest absolute Gasteiger partial charge is 0.475 e. The van der Waals surface area contributed by atoms with Crippen LogP contribution in [0.4, 0.5) is 5.69 Å². The fourth-order valence-corrected chi connectivity index (χ4v) is 3.19. The first-order valence-corrected chi connectivity index (χ1v) is 9.19. The Hall–Kier alpha value is -2.86. The number of hydrogen-bond acceptors (Lipinski definition) is 3. The second-order valence-corrected chi connectivity index (χ2v) is 7.25. The average Bonchev–Trinajstić information content (AvgIpc) is 3.12. The van der Waals surface area contributed by atoms with Gasteiger partial charge in [-0.25, -0.2) is 4.79 Å². The van der Waals surface area contributed by atoms with Gasteiger partial charge in [-0.2, -0.15) is 0 Å². The maximum atomic E-state index is 12.4. The molecule has 0 bridgehead atoms. The lowest BCUT2D eigenvalue weighted by Crippen LogP contribution is -2.11. The van der Waals surface area contributed by atoms with E-state index in [0.717, 1.165) is 0 Å². The summed E-state index contributed by atoms with van der Waals surface area (Å²) in [6.45, 7) is 4.21. The Balaban J connectivity index is 1.76. The van der Waals surface area contributed by atoms with Gasteiger partial charge < -0.3 is 14.8 Å². The van der Waals surface area contributed by atoms with Gasteiger partial charge >= 0.3 is 5.97 Å². The zero-order valence-corrected chi connectivity index (χ0v) is 16.4. The van der Waals surface area contributed by atoms with Crippen LogP contribution in [0.5, 0.6) is 0 Å². The van der Waals surface area contributed by atoms with Crippen LogP contribution in [0.15, 0.2) is 63.5 Å². The zero-order valence-electron chi connectivity index (χ0n) is 14.8. The Morgan fingerprint density at radius 2 is 1.74 bits per heavy atom. The molecule has 1 heterocycles. The van der Waals surface area contributed by atoms with Crippen molar-refractivity contribution >= 4 is 33.5 Å². The molecule has 0 aliphatic heterocycles. The predicted octanol–water partition coefficient (Wildman–Crippen LogP) is 5.78. The Labute approximate surface area is 165 Å². The summed E-state index contributed by atoms with van der Waals surface area (Å²) < 4.78 is 6.00. The first-order chi connectivity index (χ1) is 12.8. The quantitative estimate of drug-likeness (QED) is 0.540. The first kappa shape index (κ1) is 18.9. The van der Waals surface area contributed by atoms with E-state index in [1.54, 1.807) is 24.3 Å². The normalized spacial score (nSPS) is 10.8. The second-order valence-electron chi connectivity index (χ2n) is 6.39. The number of amides is 1. The fraction of sp³-hybridized carbons (Fsp3) is 0.143. The van der Waals surface area contributed by atoms with Crippen molar-refractivity contribution in [2.24, 2.45) is 0 Å². The Morgan fingerprint density at radius 3 is 2.30 bits per heavy atom. The second kappa shape index (κ2) is 7.80.